The average Bonchev–Trinajstić information content (AvgIpc) is 3.09. The van der Waals surface area contributed by atoms with Crippen LogP contribution in [0.5, 0.6) is 0 Å². The Morgan fingerprint density at radius 2 is 1.95 bits per heavy atom. The lowest BCUT2D eigenvalue weighted by atomic mass is 9.95. The van der Waals surface area contributed by atoms with Crippen molar-refractivity contribution >= 4 is 34.4 Å². The molecule has 1 atom stereocenters. The van der Waals surface area contributed by atoms with E-state index in [1.165, 1.54) is 10.6 Å². The smallest absolute Gasteiger partial charge is 0.350 e. The highest BCUT2D eigenvalue weighted by Crippen LogP contribution is 2.48. The van der Waals surface area contributed by atoms with Gasteiger partial charge in [0.15, 0.2) is 0 Å². The lowest BCUT2D eigenvalue weighted by Gasteiger charge is -2.40. The Labute approximate surface area is 218 Å². The second-order valence-corrected chi connectivity index (χ2v) is 10.4. The van der Waals surface area contributed by atoms with Crippen LogP contribution >= 0.6 is 11.8 Å². The highest BCUT2D eigenvalue weighted by atomic mass is 32.2. The number of benzene rings is 2. The lowest BCUT2D eigenvalue weighted by Crippen LogP contribution is -2.54. The van der Waals surface area contributed by atoms with Crippen LogP contribution in [0.15, 0.2) is 46.6 Å². The van der Waals surface area contributed by atoms with Gasteiger partial charge in [0.25, 0.3) is 0 Å². The second kappa shape index (κ2) is 9.72. The third-order valence-corrected chi connectivity index (χ3v) is 8.04. The number of thioether (sulfide) groups is 1. The maximum atomic E-state index is 14.9. The minimum Gasteiger partial charge on any atom is -0.350 e. The number of halogens is 5. The summed E-state index contributed by atoms with van der Waals surface area (Å²) in [5.41, 5.74) is -2.30. The van der Waals surface area contributed by atoms with Gasteiger partial charge in [0.1, 0.15) is 17.5 Å². The van der Waals surface area contributed by atoms with Crippen LogP contribution in [0.3, 0.4) is 0 Å². The molecule has 1 amide bonds. The summed E-state index contributed by atoms with van der Waals surface area (Å²) < 4.78 is 73.6. The Bertz CT molecular complexity index is 1520. The summed E-state index contributed by atoms with van der Waals surface area (Å²) in [5, 5.41) is 0.114. The minimum atomic E-state index is -4.88. The maximum absolute atomic E-state index is 14.9. The SMILES string of the molecule is C=CC(=O)N1CCN(c2nc(=O)n3c4c(c(-c5ccc(F)cc5F)c(C(F)(F)F)cc24)SCCC3)C(C)C1. The van der Waals surface area contributed by atoms with Crippen LogP contribution in [-0.2, 0) is 17.5 Å². The van der Waals surface area contributed by atoms with E-state index >= 15 is 0 Å². The minimum absolute atomic E-state index is 0.0832. The number of anilines is 1. The molecule has 0 aliphatic carbocycles. The van der Waals surface area contributed by atoms with Crippen molar-refractivity contribution in [3.8, 4) is 11.1 Å². The van der Waals surface area contributed by atoms with Crippen LogP contribution in [0.1, 0.15) is 18.9 Å². The molecule has 0 N–H and O–H groups in total. The van der Waals surface area contributed by atoms with Crippen LogP contribution in [0.2, 0.25) is 0 Å². The molecule has 2 aromatic carbocycles. The predicted octanol–water partition coefficient (Wildman–Crippen LogP) is 5.08. The molecule has 3 aromatic rings. The maximum Gasteiger partial charge on any atom is 0.417 e. The summed E-state index contributed by atoms with van der Waals surface area (Å²) in [7, 11) is 0. The number of amides is 1. The predicted molar refractivity (Wildman–Crippen MR) is 135 cm³/mol. The average molecular weight is 551 g/mol. The number of aromatic nitrogens is 2. The van der Waals surface area contributed by atoms with Crippen molar-refractivity contribution < 1.29 is 26.7 Å². The molecule has 1 aromatic heterocycles. The van der Waals surface area contributed by atoms with Crippen LogP contribution in [-0.4, -0.2) is 51.8 Å². The number of hydrogen-bond acceptors (Lipinski definition) is 5. The van der Waals surface area contributed by atoms with E-state index in [4.69, 9.17) is 0 Å². The van der Waals surface area contributed by atoms with E-state index in [1.807, 2.05) is 0 Å². The van der Waals surface area contributed by atoms with Crippen molar-refractivity contribution in [2.24, 2.45) is 0 Å². The van der Waals surface area contributed by atoms with E-state index in [1.54, 1.807) is 16.7 Å². The van der Waals surface area contributed by atoms with Gasteiger partial charge in [0.05, 0.1) is 11.1 Å². The van der Waals surface area contributed by atoms with Gasteiger partial charge in [-0.1, -0.05) is 6.58 Å². The Morgan fingerprint density at radius 1 is 1.18 bits per heavy atom. The molecular formula is C26H23F5N4O2S. The molecular weight excluding hydrogens is 527 g/mol. The number of carbonyl (C=O) groups is 1. The highest BCUT2D eigenvalue weighted by Gasteiger charge is 2.39. The van der Waals surface area contributed by atoms with Crippen LogP contribution in [0.25, 0.3) is 22.0 Å². The molecule has 2 aliphatic heterocycles. The molecule has 5 rings (SSSR count). The van der Waals surface area contributed by atoms with Gasteiger partial charge in [-0.25, -0.2) is 13.6 Å². The quantitative estimate of drug-likeness (QED) is 0.336. The van der Waals surface area contributed by atoms with E-state index < -0.39 is 40.2 Å². The first-order valence-corrected chi connectivity index (χ1v) is 12.9. The van der Waals surface area contributed by atoms with Crippen LogP contribution < -0.4 is 10.6 Å². The van der Waals surface area contributed by atoms with Crippen LogP contribution in [0, 0.1) is 11.6 Å². The third-order valence-electron chi connectivity index (χ3n) is 6.86. The zero-order chi connectivity index (χ0) is 27.4. The number of alkyl halides is 3. The van der Waals surface area contributed by atoms with E-state index in [0.29, 0.717) is 18.2 Å². The zero-order valence-electron chi connectivity index (χ0n) is 20.3. The molecule has 38 heavy (non-hydrogen) atoms. The van der Waals surface area contributed by atoms with Gasteiger partial charge in [0.2, 0.25) is 5.91 Å². The number of carbonyl (C=O) groups excluding carboxylic acids is 1. The summed E-state index contributed by atoms with van der Waals surface area (Å²) in [6, 6.07) is 3.00. The van der Waals surface area contributed by atoms with Gasteiger partial charge in [-0.3, -0.25) is 9.36 Å². The molecule has 6 nitrogen and oxygen atoms in total. The fourth-order valence-corrected chi connectivity index (χ4v) is 6.34. The second-order valence-electron chi connectivity index (χ2n) is 9.25. The summed E-state index contributed by atoms with van der Waals surface area (Å²) in [4.78, 5) is 33.0. The molecule has 1 unspecified atom stereocenters. The molecule has 200 valence electrons. The van der Waals surface area contributed by atoms with Crippen LogP contribution in [0.4, 0.5) is 27.8 Å². The number of hydrogen-bond donors (Lipinski definition) is 0. The van der Waals surface area contributed by atoms with E-state index in [2.05, 4.69) is 11.6 Å². The molecule has 2 aliphatic rings. The molecule has 1 saturated heterocycles. The van der Waals surface area contributed by atoms with Gasteiger partial charge in [-0.15, -0.1) is 11.8 Å². The fraction of sp³-hybridized carbons (Fsp3) is 0.346. The number of rotatable bonds is 3. The normalized spacial score (nSPS) is 18.0. The Kier molecular flexibility index (Phi) is 6.70. The first-order valence-electron chi connectivity index (χ1n) is 12.0. The van der Waals surface area contributed by atoms with Crippen molar-refractivity contribution in [1.29, 1.82) is 0 Å². The van der Waals surface area contributed by atoms with Gasteiger partial charge >= 0.3 is 11.9 Å². The Balaban J connectivity index is 1.82. The summed E-state index contributed by atoms with van der Waals surface area (Å²) in [5.74, 6) is -1.83. The van der Waals surface area contributed by atoms with Crippen molar-refractivity contribution in [3.63, 3.8) is 0 Å². The fourth-order valence-electron chi connectivity index (χ4n) is 5.14. The number of piperazine rings is 1. The summed E-state index contributed by atoms with van der Waals surface area (Å²) >= 11 is 1.11. The van der Waals surface area contributed by atoms with Gasteiger partial charge in [0, 0.05) is 59.7 Å². The molecule has 0 radical (unpaired) electrons. The third kappa shape index (κ3) is 4.44. The van der Waals surface area contributed by atoms with Gasteiger partial charge < -0.3 is 9.80 Å². The molecule has 1 fully saturated rings. The Hall–Kier alpha value is -3.41. The molecule has 0 bridgehead atoms. The van der Waals surface area contributed by atoms with E-state index in [9.17, 15) is 31.5 Å². The van der Waals surface area contributed by atoms with Crippen molar-refractivity contribution in [2.75, 3.05) is 30.3 Å². The molecule has 3 heterocycles. The largest absolute Gasteiger partial charge is 0.417 e. The molecule has 0 spiro atoms. The van der Waals surface area contributed by atoms with Crippen molar-refractivity contribution in [2.45, 2.75) is 37.0 Å². The lowest BCUT2D eigenvalue weighted by molar-refractivity contribution is -0.137. The highest BCUT2D eigenvalue weighted by molar-refractivity contribution is 7.99. The monoisotopic (exact) mass is 550 g/mol. The summed E-state index contributed by atoms with van der Waals surface area (Å²) in [6.45, 7) is 6.30. The van der Waals surface area contributed by atoms with Crippen molar-refractivity contribution in [1.82, 2.24) is 14.5 Å². The first kappa shape index (κ1) is 26.2. The number of nitrogens with zero attached hydrogens (tertiary/aromatic N) is 4. The first-order chi connectivity index (χ1) is 18.0. The van der Waals surface area contributed by atoms with E-state index in [0.717, 1.165) is 30.0 Å². The van der Waals surface area contributed by atoms with Crippen molar-refractivity contribution in [3.05, 3.63) is 64.6 Å². The van der Waals surface area contributed by atoms with Gasteiger partial charge in [-0.2, -0.15) is 18.2 Å². The van der Waals surface area contributed by atoms with E-state index in [-0.39, 0.29) is 59.7 Å². The molecule has 0 saturated carbocycles. The molecule has 12 heteroatoms. The van der Waals surface area contributed by atoms with Gasteiger partial charge in [-0.05, 0) is 43.4 Å². The zero-order valence-corrected chi connectivity index (χ0v) is 21.1. The Morgan fingerprint density at radius 3 is 2.61 bits per heavy atom. The summed E-state index contributed by atoms with van der Waals surface area (Å²) in [6.07, 6.45) is -3.20. The standard InChI is InChI=1S/C26H23F5N4O2S/c1-3-20(36)33-8-9-34(14(2)13-33)24-17-12-18(26(29,30)31)21(16-6-5-15(27)11-19(16)28)23-22(17)35(25(37)32-24)7-4-10-38-23/h3,5-6,11-12,14H,1,4,7-10,13H2,2H3. The topological polar surface area (TPSA) is 58.4 Å². The number of aryl methyl sites for hydroxylation is 1.